The van der Waals surface area contributed by atoms with E-state index in [9.17, 15) is 22.4 Å². The first-order valence-corrected chi connectivity index (χ1v) is 8.08. The van der Waals surface area contributed by atoms with Gasteiger partial charge in [-0.1, -0.05) is 6.07 Å². The number of aromatic amines is 1. The lowest BCUT2D eigenvalue weighted by molar-refractivity contribution is -0.178. The Labute approximate surface area is 150 Å². The van der Waals surface area contributed by atoms with Gasteiger partial charge in [0.25, 0.3) is 5.56 Å². The molecule has 0 saturated carbocycles. The molecule has 8 heteroatoms. The van der Waals surface area contributed by atoms with Crippen LogP contribution in [0.1, 0.15) is 16.7 Å². The summed E-state index contributed by atoms with van der Waals surface area (Å²) in [4.78, 5) is 18.5. The monoisotopic (exact) mass is 375 g/mol. The van der Waals surface area contributed by atoms with E-state index in [0.29, 0.717) is 5.56 Å². The third-order valence-electron chi connectivity index (χ3n) is 4.80. The third-order valence-corrected chi connectivity index (χ3v) is 4.80. The van der Waals surface area contributed by atoms with Crippen LogP contribution in [0.2, 0.25) is 0 Å². The van der Waals surface area contributed by atoms with Crippen molar-refractivity contribution in [1.82, 2.24) is 9.97 Å². The fraction of sp³-hybridized carbons (Fsp3) is 0.158. The van der Waals surface area contributed by atoms with Gasteiger partial charge in [-0.25, -0.2) is 4.39 Å². The Hall–Kier alpha value is -3.16. The van der Waals surface area contributed by atoms with E-state index in [1.165, 1.54) is 36.7 Å². The molecule has 0 saturated heterocycles. The lowest BCUT2D eigenvalue weighted by Crippen LogP contribution is -2.48. The Bertz CT molecular complexity index is 1060. The predicted octanol–water partition coefficient (Wildman–Crippen LogP) is 4.06. The molecule has 1 aliphatic rings. The van der Waals surface area contributed by atoms with E-state index in [1.54, 1.807) is 0 Å². The van der Waals surface area contributed by atoms with Crippen LogP contribution in [0.25, 0.3) is 0 Å². The van der Waals surface area contributed by atoms with Crippen LogP contribution in [-0.2, 0) is 11.8 Å². The van der Waals surface area contributed by atoms with Crippen molar-refractivity contribution >= 4 is 11.4 Å². The molecule has 1 aliphatic heterocycles. The van der Waals surface area contributed by atoms with E-state index in [-0.39, 0.29) is 22.5 Å². The summed E-state index contributed by atoms with van der Waals surface area (Å²) in [6.07, 6.45) is -1.36. The smallest absolute Gasteiger partial charge is 0.351 e. The molecule has 0 aliphatic carbocycles. The number of hydrogen-bond donors (Lipinski definition) is 2. The SMILES string of the molecule is O=c1[nH]ccc2c1Nc1ccc(F)cc1C2(Cc1cccnc1)C(F)(F)F. The lowest BCUT2D eigenvalue weighted by atomic mass is 9.67. The Morgan fingerprint density at radius 3 is 2.63 bits per heavy atom. The van der Waals surface area contributed by atoms with Crippen LogP contribution < -0.4 is 10.9 Å². The van der Waals surface area contributed by atoms with E-state index in [2.05, 4.69) is 15.3 Å². The zero-order chi connectivity index (χ0) is 19.2. The van der Waals surface area contributed by atoms with Crippen LogP contribution in [0.15, 0.2) is 59.8 Å². The number of benzene rings is 1. The second kappa shape index (κ2) is 5.94. The number of hydrogen-bond acceptors (Lipinski definition) is 3. The number of fused-ring (bicyclic) bond motifs is 2. The molecule has 0 fully saturated rings. The highest BCUT2D eigenvalue weighted by Gasteiger charge is 2.60. The van der Waals surface area contributed by atoms with Crippen LogP contribution >= 0.6 is 0 Å². The number of halogens is 4. The summed E-state index contributed by atoms with van der Waals surface area (Å²) < 4.78 is 57.8. The minimum absolute atomic E-state index is 0.0433. The molecule has 4 rings (SSSR count). The van der Waals surface area contributed by atoms with E-state index >= 15 is 0 Å². The topological polar surface area (TPSA) is 57.8 Å². The van der Waals surface area contributed by atoms with Crippen LogP contribution in [0.3, 0.4) is 0 Å². The van der Waals surface area contributed by atoms with Crippen molar-refractivity contribution in [1.29, 1.82) is 0 Å². The average molecular weight is 375 g/mol. The Morgan fingerprint density at radius 1 is 1.11 bits per heavy atom. The first-order chi connectivity index (χ1) is 12.8. The minimum atomic E-state index is -4.80. The maximum Gasteiger partial charge on any atom is 0.402 e. The molecule has 27 heavy (non-hydrogen) atoms. The second-order valence-corrected chi connectivity index (χ2v) is 6.35. The molecule has 1 atom stereocenters. The normalized spacial score (nSPS) is 18.4. The molecule has 3 aromatic rings. The predicted molar refractivity (Wildman–Crippen MR) is 91.5 cm³/mol. The summed E-state index contributed by atoms with van der Waals surface area (Å²) >= 11 is 0. The summed E-state index contributed by atoms with van der Waals surface area (Å²) in [7, 11) is 0. The highest BCUT2D eigenvalue weighted by Crippen LogP contribution is 2.55. The molecule has 2 N–H and O–H groups in total. The van der Waals surface area contributed by atoms with Crippen molar-refractivity contribution < 1.29 is 17.6 Å². The highest BCUT2D eigenvalue weighted by molar-refractivity contribution is 5.76. The van der Waals surface area contributed by atoms with Gasteiger partial charge in [-0.05, 0) is 47.9 Å². The second-order valence-electron chi connectivity index (χ2n) is 6.35. The molecule has 0 amide bonds. The molecule has 0 radical (unpaired) electrons. The van der Waals surface area contributed by atoms with Crippen molar-refractivity contribution in [2.45, 2.75) is 18.0 Å². The highest BCUT2D eigenvalue weighted by atomic mass is 19.4. The fourth-order valence-electron chi connectivity index (χ4n) is 3.62. The largest absolute Gasteiger partial charge is 0.402 e. The zero-order valence-electron chi connectivity index (χ0n) is 13.8. The maximum absolute atomic E-state index is 14.6. The Balaban J connectivity index is 2.09. The number of aromatic nitrogens is 2. The molecule has 2 aromatic heterocycles. The van der Waals surface area contributed by atoms with Gasteiger partial charge in [-0.3, -0.25) is 9.78 Å². The van der Waals surface area contributed by atoms with Crippen LogP contribution in [-0.4, -0.2) is 16.1 Å². The van der Waals surface area contributed by atoms with Crippen LogP contribution in [0.5, 0.6) is 0 Å². The summed E-state index contributed by atoms with van der Waals surface area (Å²) in [5.74, 6) is -0.788. The summed E-state index contributed by atoms with van der Waals surface area (Å²) in [6.45, 7) is 0. The number of rotatable bonds is 2. The number of nitrogens with zero attached hydrogens (tertiary/aromatic N) is 1. The molecule has 0 spiro atoms. The minimum Gasteiger partial charge on any atom is -0.351 e. The van der Waals surface area contributed by atoms with Gasteiger partial charge in [0.2, 0.25) is 0 Å². The molecular formula is C19H13F4N3O. The standard InChI is InChI=1S/C19H13F4N3O/c20-12-3-4-15-14(8-12)18(19(21,22)23,9-11-2-1-6-24-10-11)13-5-7-25-17(27)16(13)26-15/h1-8,10,26H,9H2,(H,25,27). The summed E-state index contributed by atoms with van der Waals surface area (Å²) in [6, 6.07) is 7.40. The summed E-state index contributed by atoms with van der Waals surface area (Å²) in [5, 5.41) is 2.72. The van der Waals surface area contributed by atoms with Gasteiger partial charge in [-0.2, -0.15) is 13.2 Å². The van der Waals surface area contributed by atoms with Gasteiger partial charge < -0.3 is 10.3 Å². The fourth-order valence-corrected chi connectivity index (χ4v) is 3.62. The third kappa shape index (κ3) is 2.59. The Kier molecular flexibility index (Phi) is 3.80. The van der Waals surface area contributed by atoms with E-state index in [1.807, 2.05) is 0 Å². The van der Waals surface area contributed by atoms with Gasteiger partial charge in [-0.15, -0.1) is 0 Å². The van der Waals surface area contributed by atoms with Gasteiger partial charge in [0, 0.05) is 29.8 Å². The summed E-state index contributed by atoms with van der Waals surface area (Å²) in [5.41, 5.74) is -3.62. The quantitative estimate of drug-likeness (QED) is 0.665. The van der Waals surface area contributed by atoms with Gasteiger partial charge >= 0.3 is 6.18 Å². The van der Waals surface area contributed by atoms with E-state index < -0.39 is 29.4 Å². The number of pyridine rings is 2. The van der Waals surface area contributed by atoms with Gasteiger partial charge in [0.1, 0.15) is 16.9 Å². The van der Waals surface area contributed by atoms with Crippen molar-refractivity contribution in [3.8, 4) is 0 Å². The van der Waals surface area contributed by atoms with Crippen molar-refractivity contribution in [2.24, 2.45) is 0 Å². The Morgan fingerprint density at radius 2 is 1.93 bits per heavy atom. The molecule has 3 heterocycles. The number of anilines is 2. The van der Waals surface area contributed by atoms with Gasteiger partial charge in [0.05, 0.1) is 0 Å². The van der Waals surface area contributed by atoms with Gasteiger partial charge in [0.15, 0.2) is 0 Å². The maximum atomic E-state index is 14.6. The first kappa shape index (κ1) is 17.3. The van der Waals surface area contributed by atoms with E-state index in [0.717, 1.165) is 18.3 Å². The zero-order valence-corrected chi connectivity index (χ0v) is 13.8. The molecule has 1 aromatic carbocycles. The van der Waals surface area contributed by atoms with Crippen LogP contribution in [0, 0.1) is 5.82 Å². The number of nitrogens with one attached hydrogen (secondary N) is 2. The van der Waals surface area contributed by atoms with Crippen molar-refractivity contribution in [3.63, 3.8) is 0 Å². The average Bonchev–Trinajstić information content (AvgIpc) is 2.62. The number of H-pyrrole nitrogens is 1. The van der Waals surface area contributed by atoms with Crippen molar-refractivity contribution in [3.05, 3.63) is 87.9 Å². The van der Waals surface area contributed by atoms with E-state index in [4.69, 9.17) is 0 Å². The van der Waals surface area contributed by atoms with Crippen LogP contribution in [0.4, 0.5) is 28.9 Å². The molecular weight excluding hydrogens is 362 g/mol. The molecule has 4 nitrogen and oxygen atoms in total. The lowest BCUT2D eigenvalue weighted by Gasteiger charge is -2.42. The van der Waals surface area contributed by atoms with Crippen molar-refractivity contribution in [2.75, 3.05) is 5.32 Å². The molecule has 1 unspecified atom stereocenters. The molecule has 0 bridgehead atoms. The molecule has 138 valence electrons. The first-order valence-electron chi connectivity index (χ1n) is 8.08. The number of alkyl halides is 3.